The normalized spacial score (nSPS) is 17.1. The molecule has 1 aliphatic rings. The number of anilines is 1. The molecule has 1 unspecified atom stereocenters. The van der Waals surface area contributed by atoms with E-state index < -0.39 is 23.7 Å². The average molecular weight is 490 g/mol. The van der Waals surface area contributed by atoms with Gasteiger partial charge in [-0.25, -0.2) is 0 Å². The van der Waals surface area contributed by atoms with Crippen LogP contribution in [0.2, 0.25) is 0 Å². The summed E-state index contributed by atoms with van der Waals surface area (Å²) < 4.78 is 11.4. The van der Waals surface area contributed by atoms with E-state index in [1.807, 2.05) is 20.8 Å². The number of ether oxygens (including phenoxy) is 1. The Hall–Kier alpha value is -4.33. The van der Waals surface area contributed by atoms with Gasteiger partial charge in [-0.1, -0.05) is 26.0 Å². The number of hydrogen-bond donors (Lipinski definition) is 2. The molecule has 8 heteroatoms. The van der Waals surface area contributed by atoms with Gasteiger partial charge in [-0.2, -0.15) is 0 Å². The van der Waals surface area contributed by atoms with Crippen LogP contribution in [0.4, 0.5) is 5.69 Å². The van der Waals surface area contributed by atoms with Gasteiger partial charge >= 0.3 is 5.97 Å². The summed E-state index contributed by atoms with van der Waals surface area (Å²) in [5.74, 6) is -1.64. The second kappa shape index (κ2) is 10.1. The quantitative estimate of drug-likeness (QED) is 0.263. The SMILES string of the molecule is Cc1cc(/C(O)=C2/C(=O)C(=O)N(c3ccc(CC(=O)O)cc3)C2c2ccco2)ccc1OCC(C)C. The second-order valence-corrected chi connectivity index (χ2v) is 9.11. The summed E-state index contributed by atoms with van der Waals surface area (Å²) in [6.07, 6.45) is 1.26. The predicted molar refractivity (Wildman–Crippen MR) is 133 cm³/mol. The summed E-state index contributed by atoms with van der Waals surface area (Å²) in [6.45, 7) is 6.47. The number of aliphatic hydroxyl groups excluding tert-OH is 1. The van der Waals surface area contributed by atoms with Crippen LogP contribution in [0.5, 0.6) is 5.75 Å². The fraction of sp³-hybridized carbons (Fsp3) is 0.250. The van der Waals surface area contributed by atoms with Gasteiger partial charge in [-0.3, -0.25) is 19.3 Å². The smallest absolute Gasteiger partial charge is 0.307 e. The molecule has 0 aliphatic carbocycles. The first kappa shape index (κ1) is 24.8. The van der Waals surface area contributed by atoms with Crippen LogP contribution in [0.25, 0.3) is 5.76 Å². The molecular formula is C28H27NO7. The van der Waals surface area contributed by atoms with E-state index in [-0.39, 0.29) is 17.8 Å². The standard InChI is InChI=1S/C28H27NO7/c1-16(2)15-36-21-11-8-19(13-17(21)3)26(32)24-25(22-5-4-12-35-22)29(28(34)27(24)33)20-9-6-18(7-10-20)14-23(30)31/h4-13,16,25,32H,14-15H2,1-3H3,(H,30,31)/b26-24-. The number of carbonyl (C=O) groups excluding carboxylic acids is 2. The first-order valence-electron chi connectivity index (χ1n) is 11.6. The summed E-state index contributed by atoms with van der Waals surface area (Å²) in [4.78, 5) is 38.6. The van der Waals surface area contributed by atoms with Crippen LogP contribution in [0.1, 0.15) is 42.3 Å². The number of carboxylic acids is 1. The van der Waals surface area contributed by atoms with Crippen molar-refractivity contribution >= 4 is 29.1 Å². The summed E-state index contributed by atoms with van der Waals surface area (Å²) in [7, 11) is 0. The fourth-order valence-electron chi connectivity index (χ4n) is 4.13. The summed E-state index contributed by atoms with van der Waals surface area (Å²) >= 11 is 0. The van der Waals surface area contributed by atoms with E-state index in [4.69, 9.17) is 14.3 Å². The highest BCUT2D eigenvalue weighted by molar-refractivity contribution is 6.51. The molecular weight excluding hydrogens is 462 g/mol. The van der Waals surface area contributed by atoms with E-state index >= 15 is 0 Å². The molecule has 186 valence electrons. The van der Waals surface area contributed by atoms with Gasteiger partial charge in [0.25, 0.3) is 11.7 Å². The van der Waals surface area contributed by atoms with E-state index in [1.165, 1.54) is 11.2 Å². The van der Waals surface area contributed by atoms with Gasteiger partial charge in [0.15, 0.2) is 0 Å². The highest BCUT2D eigenvalue weighted by Crippen LogP contribution is 2.42. The number of ketones is 1. The summed E-state index contributed by atoms with van der Waals surface area (Å²) in [5.41, 5.74) is 1.97. The summed E-state index contributed by atoms with van der Waals surface area (Å²) in [6, 6.07) is 13.7. The topological polar surface area (TPSA) is 117 Å². The second-order valence-electron chi connectivity index (χ2n) is 9.11. The van der Waals surface area contributed by atoms with E-state index in [2.05, 4.69) is 0 Å². The molecule has 3 aromatic rings. The molecule has 0 saturated carbocycles. The number of aliphatic carboxylic acids is 1. The Labute approximate surface area is 208 Å². The lowest BCUT2D eigenvalue weighted by Gasteiger charge is -2.23. The van der Waals surface area contributed by atoms with Gasteiger partial charge in [0.1, 0.15) is 23.3 Å². The number of Topliss-reactive ketones (excluding diaryl/α,β-unsaturated/α-hetero) is 1. The predicted octanol–water partition coefficient (Wildman–Crippen LogP) is 4.88. The van der Waals surface area contributed by atoms with Crippen molar-refractivity contribution in [2.45, 2.75) is 33.2 Å². The number of aliphatic hydroxyl groups is 1. The number of carbonyl (C=O) groups is 3. The van der Waals surface area contributed by atoms with Crippen molar-refractivity contribution in [3.63, 3.8) is 0 Å². The molecule has 1 amide bonds. The molecule has 1 aliphatic heterocycles. The summed E-state index contributed by atoms with van der Waals surface area (Å²) in [5, 5.41) is 20.3. The minimum Gasteiger partial charge on any atom is -0.507 e. The largest absolute Gasteiger partial charge is 0.507 e. The molecule has 2 heterocycles. The monoisotopic (exact) mass is 489 g/mol. The minimum absolute atomic E-state index is 0.0974. The van der Waals surface area contributed by atoms with E-state index in [0.717, 1.165) is 5.56 Å². The Morgan fingerprint density at radius 2 is 1.81 bits per heavy atom. The lowest BCUT2D eigenvalue weighted by molar-refractivity contribution is -0.136. The van der Waals surface area contributed by atoms with Crippen LogP contribution >= 0.6 is 0 Å². The first-order valence-corrected chi connectivity index (χ1v) is 11.6. The van der Waals surface area contributed by atoms with Crippen LogP contribution in [-0.4, -0.2) is 34.5 Å². The first-order chi connectivity index (χ1) is 17.2. The third kappa shape index (κ3) is 4.88. The number of nitrogens with zero attached hydrogens (tertiary/aromatic N) is 1. The van der Waals surface area contributed by atoms with Crippen LogP contribution in [-0.2, 0) is 20.8 Å². The van der Waals surface area contributed by atoms with Crippen molar-refractivity contribution in [3.8, 4) is 5.75 Å². The Balaban J connectivity index is 1.77. The van der Waals surface area contributed by atoms with Crippen LogP contribution in [0.3, 0.4) is 0 Å². The van der Waals surface area contributed by atoms with Gasteiger partial charge in [0.05, 0.1) is 24.9 Å². The van der Waals surface area contributed by atoms with E-state index in [9.17, 15) is 19.5 Å². The maximum atomic E-state index is 13.2. The maximum Gasteiger partial charge on any atom is 0.307 e. The molecule has 2 N–H and O–H groups in total. The minimum atomic E-state index is -0.998. The van der Waals surface area contributed by atoms with Crippen molar-refractivity contribution in [1.82, 2.24) is 0 Å². The number of benzene rings is 2. The van der Waals surface area contributed by atoms with Gasteiger partial charge in [0, 0.05) is 11.3 Å². The highest BCUT2D eigenvalue weighted by Gasteiger charge is 2.48. The lowest BCUT2D eigenvalue weighted by atomic mass is 9.98. The number of rotatable bonds is 8. The average Bonchev–Trinajstić information content (AvgIpc) is 3.45. The molecule has 1 aromatic heterocycles. The molecule has 0 spiro atoms. The third-order valence-electron chi connectivity index (χ3n) is 5.85. The van der Waals surface area contributed by atoms with Crippen molar-refractivity contribution < 1.29 is 33.8 Å². The van der Waals surface area contributed by atoms with Crippen molar-refractivity contribution in [2.75, 3.05) is 11.5 Å². The van der Waals surface area contributed by atoms with Crippen LogP contribution in [0, 0.1) is 12.8 Å². The zero-order valence-corrected chi connectivity index (χ0v) is 20.2. The zero-order chi connectivity index (χ0) is 26.0. The molecule has 1 saturated heterocycles. The Bertz CT molecular complexity index is 1320. The molecule has 0 radical (unpaired) electrons. The Kier molecular flexibility index (Phi) is 6.96. The van der Waals surface area contributed by atoms with Crippen LogP contribution < -0.4 is 9.64 Å². The van der Waals surface area contributed by atoms with Gasteiger partial charge < -0.3 is 19.4 Å². The van der Waals surface area contributed by atoms with Crippen molar-refractivity contribution in [1.29, 1.82) is 0 Å². The van der Waals surface area contributed by atoms with E-state index in [0.29, 0.717) is 40.8 Å². The zero-order valence-electron chi connectivity index (χ0n) is 20.2. The molecule has 2 aromatic carbocycles. The van der Waals surface area contributed by atoms with Crippen molar-refractivity contribution in [3.05, 3.63) is 88.9 Å². The number of aryl methyl sites for hydroxylation is 1. The molecule has 8 nitrogen and oxygen atoms in total. The fourth-order valence-corrected chi connectivity index (χ4v) is 4.13. The van der Waals surface area contributed by atoms with Crippen molar-refractivity contribution in [2.24, 2.45) is 5.92 Å². The lowest BCUT2D eigenvalue weighted by Crippen LogP contribution is -2.29. The Morgan fingerprint density at radius 3 is 2.39 bits per heavy atom. The molecule has 1 fully saturated rings. The van der Waals surface area contributed by atoms with Gasteiger partial charge in [-0.05, 0) is 66.4 Å². The van der Waals surface area contributed by atoms with Gasteiger partial charge in [0.2, 0.25) is 0 Å². The third-order valence-corrected chi connectivity index (χ3v) is 5.85. The van der Waals surface area contributed by atoms with Crippen LogP contribution in [0.15, 0.2) is 70.9 Å². The van der Waals surface area contributed by atoms with E-state index in [1.54, 1.807) is 54.6 Å². The number of furan rings is 1. The number of amides is 1. The Morgan fingerprint density at radius 1 is 1.08 bits per heavy atom. The molecule has 1 atom stereocenters. The van der Waals surface area contributed by atoms with Gasteiger partial charge in [-0.15, -0.1) is 0 Å². The molecule has 4 rings (SSSR count). The number of hydrogen-bond acceptors (Lipinski definition) is 6. The number of carboxylic acid groups (broad SMARTS) is 1. The molecule has 36 heavy (non-hydrogen) atoms. The maximum absolute atomic E-state index is 13.2. The molecule has 0 bridgehead atoms. The highest BCUT2D eigenvalue weighted by atomic mass is 16.5.